The minimum Gasteiger partial charge on any atom is -0.508 e. The molecule has 1 aromatic carbocycles. The van der Waals surface area contributed by atoms with E-state index in [9.17, 15) is 9.90 Å². The predicted octanol–water partition coefficient (Wildman–Crippen LogP) is 5.68. The lowest BCUT2D eigenvalue weighted by Crippen LogP contribution is -2.39. The summed E-state index contributed by atoms with van der Waals surface area (Å²) in [6, 6.07) is 6.92. The van der Waals surface area contributed by atoms with Gasteiger partial charge in [0, 0.05) is 43.5 Å². The zero-order chi connectivity index (χ0) is 25.6. The molecule has 192 valence electrons. The molecule has 1 heterocycles. The molecule has 1 unspecified atom stereocenters. The maximum absolute atomic E-state index is 12.9. The maximum Gasteiger partial charge on any atom is 0.167 e. The molecule has 35 heavy (non-hydrogen) atoms. The first-order valence-electron chi connectivity index (χ1n) is 12.6. The van der Waals surface area contributed by atoms with Crippen LogP contribution in [-0.4, -0.2) is 60.1 Å². The molecule has 0 saturated carbocycles. The van der Waals surface area contributed by atoms with Crippen molar-refractivity contribution >= 4 is 5.78 Å². The molecule has 1 aliphatic rings. The number of Topliss-reactive ketones (excluding diaryl/α,β-unsaturated/α-hetero) is 1. The lowest BCUT2D eigenvalue weighted by molar-refractivity contribution is -0.118. The van der Waals surface area contributed by atoms with Crippen molar-refractivity contribution in [2.75, 3.05) is 33.3 Å². The van der Waals surface area contributed by atoms with E-state index in [1.165, 1.54) is 0 Å². The Morgan fingerprint density at radius 3 is 2.51 bits per heavy atom. The van der Waals surface area contributed by atoms with E-state index in [1.807, 2.05) is 62.4 Å². The molecular formula is C29H42N2O4. The second-order valence-corrected chi connectivity index (χ2v) is 8.94. The van der Waals surface area contributed by atoms with E-state index in [-0.39, 0.29) is 23.6 Å². The Kier molecular flexibility index (Phi) is 12.2. The Morgan fingerprint density at radius 2 is 1.94 bits per heavy atom. The van der Waals surface area contributed by atoms with Crippen molar-refractivity contribution in [2.45, 2.75) is 52.6 Å². The molecule has 6 nitrogen and oxygen atoms in total. The highest BCUT2D eigenvalue weighted by molar-refractivity contribution is 5.99. The molecule has 0 bridgehead atoms. The number of phenolic OH excluding ortho intramolecular Hbond substituents is 1. The number of benzene rings is 1. The van der Waals surface area contributed by atoms with Crippen molar-refractivity contribution in [3.8, 4) is 11.5 Å². The third-order valence-electron chi connectivity index (χ3n) is 6.29. The molecular weight excluding hydrogens is 440 g/mol. The van der Waals surface area contributed by atoms with Crippen molar-refractivity contribution in [1.29, 1.82) is 0 Å². The second kappa shape index (κ2) is 15.1. The number of rotatable bonds is 14. The van der Waals surface area contributed by atoms with Crippen LogP contribution in [0.1, 0.15) is 46.5 Å². The van der Waals surface area contributed by atoms with E-state index in [4.69, 9.17) is 9.47 Å². The number of ether oxygens (including phenoxy) is 2. The fourth-order valence-corrected chi connectivity index (χ4v) is 3.98. The van der Waals surface area contributed by atoms with Gasteiger partial charge in [-0.2, -0.15) is 0 Å². The topological polar surface area (TPSA) is 62.2 Å². The monoisotopic (exact) mass is 482 g/mol. The molecule has 6 heteroatoms. The molecule has 0 radical (unpaired) electrons. The third kappa shape index (κ3) is 9.65. The number of methoxy groups -OCH3 is 1. The SMILES string of the molecule is C=C/C(=C/N(/C=C(\C=C\C)C(=O)C(C)CC)CCCN1CCC(Oc2ccc(O)cc2)CC1)OC. The number of allylic oxidation sites excluding steroid dienone is 4. The van der Waals surface area contributed by atoms with E-state index in [0.29, 0.717) is 11.3 Å². The number of hydrogen-bond donors (Lipinski definition) is 1. The van der Waals surface area contributed by atoms with Crippen molar-refractivity contribution in [1.82, 2.24) is 9.80 Å². The Bertz CT molecular complexity index is 880. The Balaban J connectivity index is 1.95. The van der Waals surface area contributed by atoms with E-state index >= 15 is 0 Å². The predicted molar refractivity (Wildman–Crippen MR) is 142 cm³/mol. The highest BCUT2D eigenvalue weighted by atomic mass is 16.5. The van der Waals surface area contributed by atoms with Crippen LogP contribution >= 0.6 is 0 Å². The summed E-state index contributed by atoms with van der Waals surface area (Å²) < 4.78 is 11.5. The quantitative estimate of drug-likeness (QED) is 0.209. The summed E-state index contributed by atoms with van der Waals surface area (Å²) in [5.74, 6) is 1.84. The lowest BCUT2D eigenvalue weighted by atomic mass is 9.97. The summed E-state index contributed by atoms with van der Waals surface area (Å²) in [5, 5.41) is 9.43. The summed E-state index contributed by atoms with van der Waals surface area (Å²) in [7, 11) is 1.62. The number of carbonyl (C=O) groups is 1. The van der Waals surface area contributed by atoms with Gasteiger partial charge in [0.25, 0.3) is 0 Å². The van der Waals surface area contributed by atoms with Gasteiger partial charge in [-0.25, -0.2) is 0 Å². The normalized spacial score (nSPS) is 16.8. The number of likely N-dealkylation sites (tertiary alicyclic amines) is 1. The van der Waals surface area contributed by atoms with Crippen LogP contribution < -0.4 is 4.74 Å². The van der Waals surface area contributed by atoms with Crippen LogP contribution in [0.15, 0.2) is 72.8 Å². The molecule has 1 N–H and O–H groups in total. The molecule has 0 aromatic heterocycles. The van der Waals surface area contributed by atoms with Gasteiger partial charge in [-0.05, 0) is 69.5 Å². The Labute approximate surface area is 211 Å². The molecule has 1 aliphatic heterocycles. The van der Waals surface area contributed by atoms with Crippen molar-refractivity contribution in [3.63, 3.8) is 0 Å². The molecule has 2 rings (SSSR count). The average molecular weight is 483 g/mol. The van der Waals surface area contributed by atoms with E-state index in [1.54, 1.807) is 25.3 Å². The molecule has 0 spiro atoms. The van der Waals surface area contributed by atoms with Crippen molar-refractivity contribution in [2.24, 2.45) is 5.92 Å². The standard InChI is InChI=1S/C29H42N2O4/c1-6-10-24(29(33)23(4)7-2)21-31(22-26(8-3)34-5)18-9-17-30-19-15-28(16-20-30)35-27-13-11-25(32)12-14-27/h6,8,10-14,21-23,28,32H,3,7,9,15-20H2,1-2,4-5H3/b10-6+,24-21+,26-22-. The molecule has 0 amide bonds. The fourth-order valence-electron chi connectivity index (χ4n) is 3.98. The van der Waals surface area contributed by atoms with Crippen LogP contribution in [-0.2, 0) is 9.53 Å². The number of nitrogens with zero attached hydrogens (tertiary/aromatic N) is 2. The van der Waals surface area contributed by atoms with Crippen LogP contribution in [0.3, 0.4) is 0 Å². The van der Waals surface area contributed by atoms with Crippen LogP contribution in [0.4, 0.5) is 0 Å². The van der Waals surface area contributed by atoms with E-state index in [2.05, 4.69) is 11.5 Å². The number of aromatic hydroxyl groups is 1. The van der Waals surface area contributed by atoms with Crippen LogP contribution in [0.2, 0.25) is 0 Å². The van der Waals surface area contributed by atoms with Gasteiger partial charge in [-0.1, -0.05) is 32.6 Å². The zero-order valence-electron chi connectivity index (χ0n) is 21.8. The first-order chi connectivity index (χ1) is 16.9. The first-order valence-corrected chi connectivity index (χ1v) is 12.6. The third-order valence-corrected chi connectivity index (χ3v) is 6.29. The highest BCUT2D eigenvalue weighted by Crippen LogP contribution is 2.21. The van der Waals surface area contributed by atoms with Crippen molar-refractivity contribution in [3.05, 3.63) is 72.8 Å². The summed E-state index contributed by atoms with van der Waals surface area (Å²) in [6.07, 6.45) is 13.2. The van der Waals surface area contributed by atoms with Gasteiger partial charge in [0.1, 0.15) is 23.4 Å². The summed E-state index contributed by atoms with van der Waals surface area (Å²) >= 11 is 0. The van der Waals surface area contributed by atoms with E-state index < -0.39 is 0 Å². The minimum atomic E-state index is -0.0188. The van der Waals surface area contributed by atoms with Crippen molar-refractivity contribution < 1.29 is 19.4 Å². The van der Waals surface area contributed by atoms with E-state index in [0.717, 1.165) is 57.6 Å². The minimum absolute atomic E-state index is 0.0188. The Hall–Kier alpha value is -2.99. The summed E-state index contributed by atoms with van der Waals surface area (Å²) in [5.41, 5.74) is 0.699. The van der Waals surface area contributed by atoms with Crippen LogP contribution in [0.5, 0.6) is 11.5 Å². The summed E-state index contributed by atoms with van der Waals surface area (Å²) in [4.78, 5) is 17.4. The molecule has 1 aromatic rings. The van der Waals surface area contributed by atoms with Crippen LogP contribution in [0.25, 0.3) is 0 Å². The molecule has 1 saturated heterocycles. The molecule has 1 fully saturated rings. The highest BCUT2D eigenvalue weighted by Gasteiger charge is 2.20. The number of ketones is 1. The number of piperidine rings is 1. The summed E-state index contributed by atoms with van der Waals surface area (Å²) in [6.45, 7) is 13.5. The number of carbonyl (C=O) groups excluding carboxylic acids is 1. The smallest absolute Gasteiger partial charge is 0.167 e. The first kappa shape index (κ1) is 28.2. The van der Waals surface area contributed by atoms with Crippen LogP contribution in [0, 0.1) is 5.92 Å². The van der Waals surface area contributed by atoms with Gasteiger partial charge in [0.05, 0.1) is 7.11 Å². The molecule has 1 atom stereocenters. The largest absolute Gasteiger partial charge is 0.508 e. The van der Waals surface area contributed by atoms with Gasteiger partial charge in [0.15, 0.2) is 5.78 Å². The average Bonchev–Trinajstić information content (AvgIpc) is 2.88. The van der Waals surface area contributed by atoms with Gasteiger partial charge in [0.2, 0.25) is 0 Å². The Morgan fingerprint density at radius 1 is 1.26 bits per heavy atom. The van der Waals surface area contributed by atoms with Gasteiger partial charge >= 0.3 is 0 Å². The van der Waals surface area contributed by atoms with Gasteiger partial charge < -0.3 is 24.4 Å². The fraction of sp³-hybridized carbons (Fsp3) is 0.483. The molecule has 0 aliphatic carbocycles. The maximum atomic E-state index is 12.9. The number of hydrogen-bond acceptors (Lipinski definition) is 6. The number of phenols is 1. The lowest BCUT2D eigenvalue weighted by Gasteiger charge is -2.32. The zero-order valence-corrected chi connectivity index (χ0v) is 21.8. The van der Waals surface area contributed by atoms with Gasteiger partial charge in [-0.15, -0.1) is 0 Å². The van der Waals surface area contributed by atoms with Gasteiger partial charge in [-0.3, -0.25) is 4.79 Å². The second-order valence-electron chi connectivity index (χ2n) is 8.94.